The van der Waals surface area contributed by atoms with Gasteiger partial charge in [0.1, 0.15) is 0 Å². The third-order valence-electron chi connectivity index (χ3n) is 3.32. The molecule has 0 spiro atoms. The van der Waals surface area contributed by atoms with Gasteiger partial charge in [0.25, 0.3) is 0 Å². The highest BCUT2D eigenvalue weighted by molar-refractivity contribution is 8.03. The third kappa shape index (κ3) is 4.28. The van der Waals surface area contributed by atoms with E-state index in [1.165, 1.54) is 23.1 Å². The van der Waals surface area contributed by atoms with Gasteiger partial charge in [0.2, 0.25) is 5.91 Å². The van der Waals surface area contributed by atoms with Crippen LogP contribution in [0.15, 0.2) is 51.1 Å². The highest BCUT2D eigenvalue weighted by atomic mass is 32.2. The van der Waals surface area contributed by atoms with Crippen molar-refractivity contribution >= 4 is 57.2 Å². The minimum Gasteiger partial charge on any atom is -0.325 e. The van der Waals surface area contributed by atoms with Crippen molar-refractivity contribution in [2.75, 3.05) is 11.1 Å². The predicted molar refractivity (Wildman–Crippen MR) is 104 cm³/mol. The molecule has 0 bridgehead atoms. The van der Waals surface area contributed by atoms with E-state index in [-0.39, 0.29) is 11.2 Å². The Labute approximate surface area is 153 Å². The Morgan fingerprint density at radius 2 is 1.92 bits per heavy atom. The number of thioether (sulfide) groups is 2. The number of carbonyl (C=O) groups is 1. The van der Waals surface area contributed by atoms with Crippen molar-refractivity contribution in [3.05, 3.63) is 42.5 Å². The van der Waals surface area contributed by atoms with E-state index in [0.717, 1.165) is 30.9 Å². The van der Waals surface area contributed by atoms with Crippen LogP contribution in [0, 0.1) is 0 Å². The molecule has 4 nitrogen and oxygen atoms in total. The number of fused-ring (bicyclic) bond motifs is 1. The first-order chi connectivity index (χ1) is 11.7. The molecule has 0 aliphatic carbocycles. The topological polar surface area (TPSA) is 54.9 Å². The number of nitrogens with zero attached hydrogens (tertiary/aromatic N) is 2. The number of hydrogen-bond acceptors (Lipinski definition) is 6. The Bertz CT molecular complexity index is 850. The first-order valence-corrected chi connectivity index (χ1v) is 10.3. The summed E-state index contributed by atoms with van der Waals surface area (Å²) in [4.78, 5) is 12.4. The van der Waals surface area contributed by atoms with Gasteiger partial charge in [-0.15, -0.1) is 10.2 Å². The van der Waals surface area contributed by atoms with Crippen LogP contribution in [0.1, 0.15) is 13.8 Å². The van der Waals surface area contributed by atoms with Gasteiger partial charge in [-0.25, -0.2) is 0 Å². The van der Waals surface area contributed by atoms with Gasteiger partial charge in [-0.2, -0.15) is 0 Å². The lowest BCUT2D eigenvalue weighted by molar-refractivity contribution is -0.115. The summed E-state index contributed by atoms with van der Waals surface area (Å²) >= 11 is 4.64. The number of anilines is 1. The normalized spacial score (nSPS) is 12.2. The minimum absolute atomic E-state index is 0.0322. The maximum Gasteiger partial charge on any atom is 0.237 e. The SMILES string of the molecule is CCSc1nnc(SC(C)C(=O)Nc2ccc3ccccc3c2)s1. The summed E-state index contributed by atoms with van der Waals surface area (Å²) < 4.78 is 1.77. The van der Waals surface area contributed by atoms with Gasteiger partial charge in [-0.05, 0) is 35.6 Å². The molecule has 3 rings (SSSR count). The van der Waals surface area contributed by atoms with Crippen LogP contribution in [0.4, 0.5) is 5.69 Å². The lowest BCUT2D eigenvalue weighted by Gasteiger charge is -2.11. The van der Waals surface area contributed by atoms with E-state index >= 15 is 0 Å². The van der Waals surface area contributed by atoms with Gasteiger partial charge >= 0.3 is 0 Å². The number of rotatable bonds is 6. The van der Waals surface area contributed by atoms with Crippen LogP contribution in [0.2, 0.25) is 0 Å². The minimum atomic E-state index is -0.233. The highest BCUT2D eigenvalue weighted by Crippen LogP contribution is 2.31. The lowest BCUT2D eigenvalue weighted by atomic mass is 10.1. The molecule has 0 saturated carbocycles. The number of carbonyl (C=O) groups excluding carboxylic acids is 1. The van der Waals surface area contributed by atoms with E-state index in [1.807, 2.05) is 43.3 Å². The third-order valence-corrected chi connectivity index (χ3v) is 6.44. The zero-order chi connectivity index (χ0) is 16.9. The molecule has 0 fully saturated rings. The molecule has 0 aliphatic heterocycles. The molecule has 1 N–H and O–H groups in total. The second-order valence-electron chi connectivity index (χ2n) is 5.08. The Morgan fingerprint density at radius 3 is 2.71 bits per heavy atom. The van der Waals surface area contributed by atoms with E-state index in [4.69, 9.17) is 0 Å². The smallest absolute Gasteiger partial charge is 0.237 e. The molecule has 24 heavy (non-hydrogen) atoms. The van der Waals surface area contributed by atoms with Gasteiger partial charge < -0.3 is 5.32 Å². The van der Waals surface area contributed by atoms with Crippen molar-refractivity contribution in [3.8, 4) is 0 Å². The van der Waals surface area contributed by atoms with Crippen LogP contribution in [-0.4, -0.2) is 27.1 Å². The molecule has 7 heteroatoms. The number of amides is 1. The van der Waals surface area contributed by atoms with Gasteiger partial charge in [-0.1, -0.05) is 72.1 Å². The van der Waals surface area contributed by atoms with Crippen LogP contribution in [0.25, 0.3) is 10.8 Å². The standard InChI is InChI=1S/C17H17N3OS3/c1-3-22-16-19-20-17(24-16)23-11(2)15(21)18-14-9-8-12-6-4-5-7-13(12)10-14/h4-11H,3H2,1-2H3,(H,18,21). The Hall–Kier alpha value is -1.57. The molecule has 1 aromatic heterocycles. The molecule has 1 heterocycles. The largest absolute Gasteiger partial charge is 0.325 e. The summed E-state index contributed by atoms with van der Waals surface area (Å²) in [6.07, 6.45) is 0. The monoisotopic (exact) mass is 375 g/mol. The second kappa shape index (κ2) is 8.00. The van der Waals surface area contributed by atoms with Crippen molar-refractivity contribution in [1.82, 2.24) is 10.2 Å². The van der Waals surface area contributed by atoms with Crippen molar-refractivity contribution in [2.24, 2.45) is 0 Å². The van der Waals surface area contributed by atoms with Gasteiger partial charge in [0.15, 0.2) is 8.68 Å². The maximum absolute atomic E-state index is 12.4. The molecule has 124 valence electrons. The number of nitrogens with one attached hydrogen (secondary N) is 1. The molecule has 1 unspecified atom stereocenters. The zero-order valence-corrected chi connectivity index (χ0v) is 15.8. The average Bonchev–Trinajstić information content (AvgIpc) is 3.02. The van der Waals surface area contributed by atoms with Gasteiger partial charge in [0.05, 0.1) is 5.25 Å². The molecular formula is C17H17N3OS3. The van der Waals surface area contributed by atoms with Crippen molar-refractivity contribution < 1.29 is 4.79 Å². The maximum atomic E-state index is 12.4. The summed E-state index contributed by atoms with van der Waals surface area (Å²) in [7, 11) is 0. The molecular weight excluding hydrogens is 358 g/mol. The summed E-state index contributed by atoms with van der Waals surface area (Å²) in [5.74, 6) is 0.937. The van der Waals surface area contributed by atoms with Crippen LogP contribution in [0.3, 0.4) is 0 Å². The van der Waals surface area contributed by atoms with Crippen molar-refractivity contribution in [2.45, 2.75) is 27.8 Å². The molecule has 2 aromatic carbocycles. The van der Waals surface area contributed by atoms with Crippen molar-refractivity contribution in [1.29, 1.82) is 0 Å². The highest BCUT2D eigenvalue weighted by Gasteiger charge is 2.17. The summed E-state index contributed by atoms with van der Waals surface area (Å²) in [5.41, 5.74) is 0.811. The average molecular weight is 376 g/mol. The molecule has 0 radical (unpaired) electrons. The van der Waals surface area contributed by atoms with Crippen LogP contribution in [0.5, 0.6) is 0 Å². The summed E-state index contributed by atoms with van der Waals surface area (Å²) in [5, 5.41) is 13.3. The van der Waals surface area contributed by atoms with E-state index in [0.29, 0.717) is 0 Å². The Morgan fingerprint density at radius 1 is 1.17 bits per heavy atom. The quantitative estimate of drug-likeness (QED) is 0.620. The number of benzene rings is 2. The van der Waals surface area contributed by atoms with E-state index < -0.39 is 0 Å². The fraction of sp³-hybridized carbons (Fsp3) is 0.235. The zero-order valence-electron chi connectivity index (χ0n) is 13.4. The number of aromatic nitrogens is 2. The molecule has 1 amide bonds. The van der Waals surface area contributed by atoms with Gasteiger partial charge in [-0.3, -0.25) is 4.79 Å². The second-order valence-corrected chi connectivity index (χ2v) is 9.15. The Kier molecular flexibility index (Phi) is 5.76. The first kappa shape index (κ1) is 17.3. The first-order valence-electron chi connectivity index (χ1n) is 7.58. The summed E-state index contributed by atoms with van der Waals surface area (Å²) in [6.45, 7) is 3.97. The van der Waals surface area contributed by atoms with Crippen LogP contribution >= 0.6 is 34.9 Å². The fourth-order valence-corrected chi connectivity index (χ4v) is 5.20. The lowest BCUT2D eigenvalue weighted by Crippen LogP contribution is -2.22. The predicted octanol–water partition coefficient (Wildman–Crippen LogP) is 4.92. The molecule has 3 aromatic rings. The fourth-order valence-electron chi connectivity index (χ4n) is 2.14. The summed E-state index contributed by atoms with van der Waals surface area (Å²) in [6, 6.07) is 14.0. The molecule has 0 aliphatic rings. The van der Waals surface area contributed by atoms with E-state index in [9.17, 15) is 4.79 Å². The molecule has 0 saturated heterocycles. The van der Waals surface area contributed by atoms with Gasteiger partial charge in [0, 0.05) is 5.69 Å². The van der Waals surface area contributed by atoms with Crippen LogP contribution < -0.4 is 5.32 Å². The van der Waals surface area contributed by atoms with Crippen molar-refractivity contribution in [3.63, 3.8) is 0 Å². The Balaban J connectivity index is 1.64. The molecule has 1 atom stereocenters. The number of hydrogen-bond donors (Lipinski definition) is 1. The van der Waals surface area contributed by atoms with E-state index in [2.05, 4.69) is 28.5 Å². The van der Waals surface area contributed by atoms with E-state index in [1.54, 1.807) is 11.8 Å². The van der Waals surface area contributed by atoms with Crippen LogP contribution in [-0.2, 0) is 4.79 Å².